The van der Waals surface area contributed by atoms with Crippen LogP contribution in [0.15, 0.2) is 35.4 Å². The van der Waals surface area contributed by atoms with Gasteiger partial charge in [-0.3, -0.25) is 14.3 Å². The molecule has 1 amide bonds. The number of H-pyrrole nitrogens is 1. The Kier molecular flexibility index (Phi) is 5.03. The average Bonchev–Trinajstić information content (AvgIpc) is 3.33. The number of aromatic nitrogens is 7. The van der Waals surface area contributed by atoms with Crippen LogP contribution in [0.4, 0.5) is 19.0 Å². The van der Waals surface area contributed by atoms with Gasteiger partial charge in [-0.15, -0.1) is 10.2 Å². The molecule has 4 rings (SSSR count). The molecule has 0 aliphatic heterocycles. The van der Waals surface area contributed by atoms with Gasteiger partial charge in [0.15, 0.2) is 11.5 Å². The minimum Gasteiger partial charge on any atom is -0.310 e. The molecule has 0 aromatic carbocycles. The van der Waals surface area contributed by atoms with Gasteiger partial charge in [-0.1, -0.05) is 6.07 Å². The fraction of sp³-hybridized carbons (Fsp3) is 0.263. The molecule has 4 aromatic rings. The molecule has 32 heavy (non-hydrogen) atoms. The van der Waals surface area contributed by atoms with Crippen molar-refractivity contribution in [2.24, 2.45) is 7.05 Å². The Hall–Kier alpha value is -4.03. The van der Waals surface area contributed by atoms with Crippen molar-refractivity contribution in [1.82, 2.24) is 34.5 Å². The maximum atomic E-state index is 13.3. The van der Waals surface area contributed by atoms with Crippen molar-refractivity contribution in [2.75, 3.05) is 5.32 Å². The van der Waals surface area contributed by atoms with E-state index >= 15 is 0 Å². The molecule has 13 heteroatoms. The molecular formula is C19H17F3N8O2. The molecular weight excluding hydrogens is 429 g/mol. The second-order valence-corrected chi connectivity index (χ2v) is 7.26. The van der Waals surface area contributed by atoms with Crippen LogP contribution in [0.1, 0.15) is 35.9 Å². The smallest absolute Gasteiger partial charge is 0.310 e. The lowest BCUT2D eigenvalue weighted by molar-refractivity contribution is -0.140. The zero-order chi connectivity index (χ0) is 23.2. The van der Waals surface area contributed by atoms with Crippen molar-refractivity contribution in [3.8, 4) is 11.5 Å². The molecule has 0 unspecified atom stereocenters. The number of nitrogens with zero attached hydrogens (tertiary/aromatic N) is 6. The third kappa shape index (κ3) is 3.72. The van der Waals surface area contributed by atoms with Gasteiger partial charge >= 0.3 is 6.18 Å². The summed E-state index contributed by atoms with van der Waals surface area (Å²) in [5.74, 6) is -0.354. The second-order valence-electron chi connectivity index (χ2n) is 7.26. The van der Waals surface area contributed by atoms with Gasteiger partial charge in [0.25, 0.3) is 11.5 Å². The summed E-state index contributed by atoms with van der Waals surface area (Å²) in [6.07, 6.45) is -3.21. The largest absolute Gasteiger partial charge is 0.435 e. The van der Waals surface area contributed by atoms with Gasteiger partial charge in [-0.2, -0.15) is 18.3 Å². The number of rotatable bonds is 4. The van der Waals surface area contributed by atoms with E-state index in [1.54, 1.807) is 23.0 Å². The van der Waals surface area contributed by atoms with Crippen LogP contribution < -0.4 is 10.9 Å². The first-order valence-corrected chi connectivity index (χ1v) is 9.41. The molecule has 0 bridgehead atoms. The Morgan fingerprint density at radius 1 is 1.25 bits per heavy atom. The number of alkyl halides is 3. The molecule has 4 heterocycles. The molecule has 0 atom stereocenters. The summed E-state index contributed by atoms with van der Waals surface area (Å²) in [6, 6.07) is 5.71. The van der Waals surface area contributed by atoms with Crippen LogP contribution in [-0.4, -0.2) is 40.4 Å². The van der Waals surface area contributed by atoms with Crippen molar-refractivity contribution in [1.29, 1.82) is 0 Å². The van der Waals surface area contributed by atoms with Gasteiger partial charge < -0.3 is 14.9 Å². The van der Waals surface area contributed by atoms with Gasteiger partial charge in [0.2, 0.25) is 0 Å². The molecule has 0 fully saturated rings. The molecule has 2 N–H and O–H groups in total. The maximum absolute atomic E-state index is 13.3. The van der Waals surface area contributed by atoms with Gasteiger partial charge in [0, 0.05) is 13.1 Å². The number of hydrogen-bond donors (Lipinski definition) is 2. The first-order chi connectivity index (χ1) is 15.1. The molecule has 4 aromatic heterocycles. The second kappa shape index (κ2) is 7.59. The van der Waals surface area contributed by atoms with E-state index in [1.165, 1.54) is 13.1 Å². The number of hydrogen-bond acceptors (Lipinski definition) is 6. The number of nitrogens with one attached hydrogen (secondary N) is 2. The van der Waals surface area contributed by atoms with Crippen LogP contribution in [0.2, 0.25) is 0 Å². The van der Waals surface area contributed by atoms with E-state index in [2.05, 4.69) is 30.6 Å². The first kappa shape index (κ1) is 21.2. The highest BCUT2D eigenvalue weighted by molar-refractivity contribution is 6.05. The number of halogens is 3. The zero-order valence-electron chi connectivity index (χ0n) is 17.1. The molecule has 0 saturated heterocycles. The Bertz CT molecular complexity index is 1380. The number of amides is 1. The lowest BCUT2D eigenvalue weighted by atomic mass is 10.2. The monoisotopic (exact) mass is 446 g/mol. The Morgan fingerprint density at radius 3 is 2.69 bits per heavy atom. The predicted octanol–water partition coefficient (Wildman–Crippen LogP) is 2.77. The van der Waals surface area contributed by atoms with Crippen LogP contribution in [0.5, 0.6) is 0 Å². The van der Waals surface area contributed by atoms with E-state index in [0.717, 1.165) is 10.7 Å². The van der Waals surface area contributed by atoms with Crippen LogP contribution in [-0.2, 0) is 13.2 Å². The van der Waals surface area contributed by atoms with Crippen molar-refractivity contribution in [2.45, 2.75) is 26.1 Å². The molecule has 0 radical (unpaired) electrons. The van der Waals surface area contributed by atoms with Crippen molar-refractivity contribution >= 4 is 22.8 Å². The first-order valence-electron chi connectivity index (χ1n) is 9.41. The summed E-state index contributed by atoms with van der Waals surface area (Å²) < 4.78 is 42.6. The van der Waals surface area contributed by atoms with E-state index in [1.807, 2.05) is 13.8 Å². The molecule has 0 aliphatic rings. The van der Waals surface area contributed by atoms with E-state index in [0.29, 0.717) is 11.5 Å². The number of aromatic amines is 1. The molecule has 0 saturated carbocycles. The van der Waals surface area contributed by atoms with Gasteiger partial charge in [0.1, 0.15) is 29.0 Å². The third-order valence-corrected chi connectivity index (χ3v) is 4.71. The Labute approximate surface area is 178 Å². The normalized spacial score (nSPS) is 12.0. The summed E-state index contributed by atoms with van der Waals surface area (Å²) >= 11 is 0. The fourth-order valence-electron chi connectivity index (χ4n) is 3.20. The minimum absolute atomic E-state index is 0.0626. The molecule has 166 valence electrons. The molecule has 0 spiro atoms. The van der Waals surface area contributed by atoms with Gasteiger partial charge in [-0.05, 0) is 32.0 Å². The lowest BCUT2D eigenvalue weighted by Crippen LogP contribution is -2.24. The van der Waals surface area contributed by atoms with Crippen LogP contribution in [0, 0.1) is 0 Å². The van der Waals surface area contributed by atoms with E-state index in [9.17, 15) is 22.8 Å². The summed E-state index contributed by atoms with van der Waals surface area (Å²) in [6.45, 7) is 3.88. The number of fused-ring (bicyclic) bond motifs is 1. The Balaban J connectivity index is 1.70. The zero-order valence-corrected chi connectivity index (χ0v) is 17.1. The molecule has 0 aliphatic carbocycles. The number of carbonyl (C=O) groups is 1. The van der Waals surface area contributed by atoms with Gasteiger partial charge in [0.05, 0.1) is 5.39 Å². The number of pyridine rings is 2. The number of anilines is 1. The lowest BCUT2D eigenvalue weighted by Gasteiger charge is -2.10. The summed E-state index contributed by atoms with van der Waals surface area (Å²) in [4.78, 5) is 31.7. The van der Waals surface area contributed by atoms with E-state index < -0.39 is 34.3 Å². The Morgan fingerprint density at radius 2 is 2.00 bits per heavy atom. The fourth-order valence-corrected chi connectivity index (χ4v) is 3.20. The standard InChI is InChI=1S/C19H17F3N8O2/c1-9(2)30-8-23-27-16(30)12-5-4-6-13(24-12)25-17(31)11-7-10-14(19(20,21)22)28-29(3)15(10)26-18(11)32/h4-9H,1-3H3,(H,26,32)(H,24,25,31). The van der Waals surface area contributed by atoms with Crippen molar-refractivity contribution in [3.05, 3.63) is 52.2 Å². The summed E-state index contributed by atoms with van der Waals surface area (Å²) in [7, 11) is 1.26. The number of aryl methyl sites for hydroxylation is 1. The van der Waals surface area contributed by atoms with E-state index in [-0.39, 0.29) is 17.5 Å². The molecule has 10 nitrogen and oxygen atoms in total. The van der Waals surface area contributed by atoms with Crippen molar-refractivity contribution in [3.63, 3.8) is 0 Å². The summed E-state index contributed by atoms with van der Waals surface area (Å²) in [5.41, 5.74) is -2.29. The van der Waals surface area contributed by atoms with E-state index in [4.69, 9.17) is 0 Å². The highest BCUT2D eigenvalue weighted by atomic mass is 19.4. The third-order valence-electron chi connectivity index (χ3n) is 4.71. The van der Waals surface area contributed by atoms with Gasteiger partial charge in [-0.25, -0.2) is 4.98 Å². The SMILES string of the molecule is CC(C)n1cnnc1-c1cccc(NC(=O)c2cc3c(C(F)(F)F)nn(C)c3[nH]c2=O)n1. The highest BCUT2D eigenvalue weighted by Gasteiger charge is 2.37. The van der Waals surface area contributed by atoms with Crippen LogP contribution in [0.3, 0.4) is 0 Å². The van der Waals surface area contributed by atoms with Crippen LogP contribution in [0.25, 0.3) is 22.6 Å². The average molecular weight is 446 g/mol. The minimum atomic E-state index is -4.76. The van der Waals surface area contributed by atoms with Crippen molar-refractivity contribution < 1.29 is 18.0 Å². The maximum Gasteiger partial charge on any atom is 0.435 e. The summed E-state index contributed by atoms with van der Waals surface area (Å²) in [5, 5.41) is 13.4. The quantitative estimate of drug-likeness (QED) is 0.497. The number of carbonyl (C=O) groups excluding carboxylic acids is 1. The van der Waals surface area contributed by atoms with Crippen LogP contribution >= 0.6 is 0 Å². The predicted molar refractivity (Wildman–Crippen MR) is 108 cm³/mol. The highest BCUT2D eigenvalue weighted by Crippen LogP contribution is 2.33. The topological polar surface area (TPSA) is 123 Å².